The molecule has 1 saturated carbocycles. The Bertz CT molecular complexity index is 1210. The second-order valence-electron chi connectivity index (χ2n) is 7.11. The maximum absolute atomic E-state index is 13.3. The third kappa shape index (κ3) is 3.29. The summed E-state index contributed by atoms with van der Waals surface area (Å²) in [4.78, 5) is 22.1. The molecular formula is C19H19F3N4O2S. The third-order valence-electron chi connectivity index (χ3n) is 5.15. The number of fused-ring (bicyclic) bond motifs is 1. The Labute approximate surface area is 166 Å². The van der Waals surface area contributed by atoms with Crippen molar-refractivity contribution in [3.8, 4) is 11.5 Å². The van der Waals surface area contributed by atoms with Crippen LogP contribution >= 0.6 is 0 Å². The van der Waals surface area contributed by atoms with E-state index in [1.165, 1.54) is 4.57 Å². The van der Waals surface area contributed by atoms with Gasteiger partial charge >= 0.3 is 6.18 Å². The fourth-order valence-electron chi connectivity index (χ4n) is 3.42. The number of halogens is 3. The molecule has 0 bridgehead atoms. The Balaban J connectivity index is 2.01. The van der Waals surface area contributed by atoms with Gasteiger partial charge in [0.25, 0.3) is 5.56 Å². The molecule has 1 aliphatic carbocycles. The summed E-state index contributed by atoms with van der Waals surface area (Å²) < 4.78 is 54.5. The lowest BCUT2D eigenvalue weighted by atomic mass is 10.2. The largest absolute Gasteiger partial charge is 0.431 e. The first-order valence-electron chi connectivity index (χ1n) is 9.16. The normalized spacial score (nSPS) is 15.8. The van der Waals surface area contributed by atoms with Gasteiger partial charge in [0.2, 0.25) is 0 Å². The maximum atomic E-state index is 13.3. The van der Waals surface area contributed by atoms with Gasteiger partial charge in [0.15, 0.2) is 5.82 Å². The second-order valence-corrected chi connectivity index (χ2v) is 8.82. The summed E-state index contributed by atoms with van der Waals surface area (Å²) in [6.07, 6.45) is -2.65. The molecule has 29 heavy (non-hydrogen) atoms. The molecule has 3 aromatic rings. The number of nitrogens with zero attached hydrogens (tertiary/aromatic N) is 4. The van der Waals surface area contributed by atoms with Gasteiger partial charge in [-0.05, 0) is 31.0 Å². The number of alkyl halides is 3. The van der Waals surface area contributed by atoms with Gasteiger partial charge in [-0.1, -0.05) is 6.92 Å². The lowest BCUT2D eigenvalue weighted by Gasteiger charge is -2.12. The topological polar surface area (TPSA) is 69.8 Å². The molecule has 4 rings (SSSR count). The van der Waals surface area contributed by atoms with Crippen LogP contribution < -0.4 is 5.56 Å². The molecule has 0 amide bonds. The van der Waals surface area contributed by atoms with E-state index in [-0.39, 0.29) is 16.9 Å². The zero-order valence-electron chi connectivity index (χ0n) is 16.1. The van der Waals surface area contributed by atoms with Gasteiger partial charge in [0.1, 0.15) is 16.9 Å². The summed E-state index contributed by atoms with van der Waals surface area (Å²) in [7, 11) is 1.30. The van der Waals surface area contributed by atoms with Gasteiger partial charge in [-0.25, -0.2) is 9.97 Å². The summed E-state index contributed by atoms with van der Waals surface area (Å²) >= 11 is 0. The number of imidazole rings is 1. The number of hydrogen-bond donors (Lipinski definition) is 0. The molecule has 6 nitrogen and oxygen atoms in total. The number of aryl methyl sites for hydroxylation is 1. The molecule has 1 unspecified atom stereocenters. The standard InChI is InChI=1S/C19H19F3N4O2S/c1-4-29(28)13-8-7-11(10-5-6-10)23-15(13)17-24-12-9-14(19(20,21)22)25(2)18(27)16(12)26(17)3/h7-10H,4-6H2,1-3H3. The Kier molecular flexibility index (Phi) is 4.64. The summed E-state index contributed by atoms with van der Waals surface area (Å²) in [6, 6.07) is 4.45. The Morgan fingerprint density at radius 2 is 1.86 bits per heavy atom. The minimum Gasteiger partial charge on any atom is -0.321 e. The van der Waals surface area contributed by atoms with E-state index in [1.54, 1.807) is 20.0 Å². The van der Waals surface area contributed by atoms with Gasteiger partial charge in [-0.3, -0.25) is 9.00 Å². The molecule has 0 saturated heterocycles. The van der Waals surface area contributed by atoms with Crippen LogP contribution in [0.2, 0.25) is 0 Å². The van der Waals surface area contributed by atoms with E-state index in [0.717, 1.165) is 31.6 Å². The Morgan fingerprint density at radius 1 is 1.17 bits per heavy atom. The van der Waals surface area contributed by atoms with E-state index in [0.29, 0.717) is 26.8 Å². The molecule has 0 radical (unpaired) electrons. The highest BCUT2D eigenvalue weighted by Gasteiger charge is 2.35. The molecule has 1 aliphatic rings. The molecule has 154 valence electrons. The number of rotatable bonds is 4. The predicted octanol–water partition coefficient (Wildman–Crippen LogP) is 3.36. The van der Waals surface area contributed by atoms with Crippen molar-refractivity contribution in [3.63, 3.8) is 0 Å². The fraction of sp³-hybridized carbons (Fsp3) is 0.421. The van der Waals surface area contributed by atoms with Crippen LogP contribution in [0.15, 0.2) is 27.9 Å². The highest BCUT2D eigenvalue weighted by molar-refractivity contribution is 7.85. The smallest absolute Gasteiger partial charge is 0.321 e. The Morgan fingerprint density at radius 3 is 2.45 bits per heavy atom. The van der Waals surface area contributed by atoms with E-state index >= 15 is 0 Å². The van der Waals surface area contributed by atoms with Crippen LogP contribution in [0.4, 0.5) is 13.2 Å². The molecule has 0 N–H and O–H groups in total. The highest BCUT2D eigenvalue weighted by Crippen LogP contribution is 2.40. The molecule has 1 atom stereocenters. The van der Waals surface area contributed by atoms with Gasteiger partial charge in [-0.2, -0.15) is 13.2 Å². The van der Waals surface area contributed by atoms with Crippen LogP contribution in [-0.2, 0) is 31.1 Å². The summed E-state index contributed by atoms with van der Waals surface area (Å²) in [5.41, 5.74) is -0.701. The van der Waals surface area contributed by atoms with Crippen molar-refractivity contribution < 1.29 is 17.4 Å². The van der Waals surface area contributed by atoms with Crippen LogP contribution in [0, 0.1) is 0 Å². The fourth-order valence-corrected chi connectivity index (χ4v) is 4.30. The van der Waals surface area contributed by atoms with Crippen LogP contribution in [0.1, 0.15) is 37.1 Å². The SMILES string of the molecule is CCS(=O)c1ccc(C2CC2)nc1-c1nc2cc(C(F)(F)F)n(C)c(=O)c2n1C. The van der Waals surface area contributed by atoms with Crippen molar-refractivity contribution in [2.24, 2.45) is 14.1 Å². The van der Waals surface area contributed by atoms with E-state index < -0.39 is 28.2 Å². The molecule has 1 fully saturated rings. The zero-order valence-corrected chi connectivity index (χ0v) is 16.9. The monoisotopic (exact) mass is 424 g/mol. The minimum absolute atomic E-state index is 0.0438. The quantitative estimate of drug-likeness (QED) is 0.644. The van der Waals surface area contributed by atoms with Crippen LogP contribution in [0.5, 0.6) is 0 Å². The number of hydrogen-bond acceptors (Lipinski definition) is 4. The first-order valence-corrected chi connectivity index (χ1v) is 10.5. The van der Waals surface area contributed by atoms with Crippen LogP contribution in [-0.4, -0.2) is 29.1 Å². The third-order valence-corrected chi connectivity index (χ3v) is 6.49. The number of aromatic nitrogens is 4. The summed E-state index contributed by atoms with van der Waals surface area (Å²) in [5.74, 6) is 0.925. The number of pyridine rings is 2. The maximum Gasteiger partial charge on any atom is 0.431 e. The highest BCUT2D eigenvalue weighted by atomic mass is 32.2. The molecular weight excluding hydrogens is 405 g/mol. The zero-order chi connectivity index (χ0) is 21.1. The lowest BCUT2D eigenvalue weighted by Crippen LogP contribution is -2.26. The Hall–Kier alpha value is -2.49. The van der Waals surface area contributed by atoms with Gasteiger partial charge in [-0.15, -0.1) is 0 Å². The van der Waals surface area contributed by atoms with Crippen molar-refractivity contribution >= 4 is 21.8 Å². The molecule has 3 aromatic heterocycles. The molecule has 10 heteroatoms. The molecule has 0 spiro atoms. The first kappa shape index (κ1) is 19.8. The predicted molar refractivity (Wildman–Crippen MR) is 103 cm³/mol. The van der Waals surface area contributed by atoms with Crippen molar-refractivity contribution in [2.45, 2.75) is 36.8 Å². The van der Waals surface area contributed by atoms with Gasteiger partial charge in [0.05, 0.1) is 21.2 Å². The first-order chi connectivity index (χ1) is 13.6. The van der Waals surface area contributed by atoms with Gasteiger partial charge in [0, 0.05) is 31.5 Å². The van der Waals surface area contributed by atoms with Crippen molar-refractivity contribution in [2.75, 3.05) is 5.75 Å². The summed E-state index contributed by atoms with van der Waals surface area (Å²) in [5, 5.41) is 0. The van der Waals surface area contributed by atoms with Crippen LogP contribution in [0.3, 0.4) is 0 Å². The molecule has 0 aromatic carbocycles. The van der Waals surface area contributed by atoms with Crippen molar-refractivity contribution in [1.82, 2.24) is 19.1 Å². The second kappa shape index (κ2) is 6.79. The van der Waals surface area contributed by atoms with E-state index in [9.17, 15) is 22.2 Å². The minimum atomic E-state index is -4.68. The van der Waals surface area contributed by atoms with Gasteiger partial charge < -0.3 is 9.13 Å². The lowest BCUT2D eigenvalue weighted by molar-refractivity contribution is -0.143. The van der Waals surface area contributed by atoms with E-state index in [4.69, 9.17) is 0 Å². The average Bonchev–Trinajstić information content (AvgIpc) is 3.46. The van der Waals surface area contributed by atoms with Crippen LogP contribution in [0.25, 0.3) is 22.6 Å². The molecule has 3 heterocycles. The van der Waals surface area contributed by atoms with Crippen molar-refractivity contribution in [1.29, 1.82) is 0 Å². The van der Waals surface area contributed by atoms with E-state index in [1.807, 2.05) is 6.07 Å². The summed E-state index contributed by atoms with van der Waals surface area (Å²) in [6.45, 7) is 1.77. The van der Waals surface area contributed by atoms with Crippen molar-refractivity contribution in [3.05, 3.63) is 39.9 Å². The molecule has 0 aliphatic heterocycles. The average molecular weight is 424 g/mol. The van der Waals surface area contributed by atoms with E-state index in [2.05, 4.69) is 9.97 Å².